The topological polar surface area (TPSA) is 105 Å². The van der Waals surface area contributed by atoms with Crippen molar-refractivity contribution in [3.05, 3.63) is 59.7 Å². The highest BCUT2D eigenvalue weighted by Gasteiger charge is 2.37. The summed E-state index contributed by atoms with van der Waals surface area (Å²) in [6.07, 6.45) is 1.68. The van der Waals surface area contributed by atoms with E-state index < -0.39 is 35.5 Å². The Morgan fingerprint density at radius 2 is 1.53 bits per heavy atom. The average Bonchev–Trinajstić information content (AvgIpc) is 3.55. The number of fused-ring (bicyclic) bond motifs is 3. The van der Waals surface area contributed by atoms with E-state index in [4.69, 9.17) is 4.74 Å². The summed E-state index contributed by atoms with van der Waals surface area (Å²) in [5.74, 6) is -1.33. The lowest BCUT2D eigenvalue weighted by Gasteiger charge is -2.31. The summed E-state index contributed by atoms with van der Waals surface area (Å²) in [6, 6.07) is 14.2. The summed E-state index contributed by atoms with van der Waals surface area (Å²) >= 11 is 0. The molecule has 0 unspecified atom stereocenters. The Labute approximate surface area is 199 Å². The minimum atomic E-state index is -1.06. The molecule has 0 bridgehead atoms. The van der Waals surface area contributed by atoms with E-state index in [9.17, 15) is 19.5 Å². The highest BCUT2D eigenvalue weighted by Crippen LogP contribution is 2.44. The molecule has 7 heteroatoms. The van der Waals surface area contributed by atoms with Crippen LogP contribution in [0.1, 0.15) is 57.1 Å². The van der Waals surface area contributed by atoms with E-state index in [0.29, 0.717) is 12.3 Å². The summed E-state index contributed by atoms with van der Waals surface area (Å²) < 4.78 is 5.60. The van der Waals surface area contributed by atoms with Crippen molar-refractivity contribution < 1.29 is 24.2 Å². The Bertz CT molecular complexity index is 1040. The largest absolute Gasteiger partial charge is 0.480 e. The van der Waals surface area contributed by atoms with Crippen molar-refractivity contribution in [2.75, 3.05) is 6.61 Å². The van der Waals surface area contributed by atoms with Crippen LogP contribution in [0.15, 0.2) is 48.5 Å². The average molecular weight is 465 g/mol. The molecule has 34 heavy (non-hydrogen) atoms. The lowest BCUT2D eigenvalue weighted by Crippen LogP contribution is -2.56. The molecule has 1 saturated carbocycles. The van der Waals surface area contributed by atoms with Crippen LogP contribution in [0.3, 0.4) is 0 Å². The van der Waals surface area contributed by atoms with Gasteiger partial charge in [0.05, 0.1) is 0 Å². The molecule has 0 spiro atoms. The monoisotopic (exact) mass is 464 g/mol. The van der Waals surface area contributed by atoms with Gasteiger partial charge in [0, 0.05) is 5.92 Å². The molecule has 0 saturated heterocycles. The molecular formula is C27H32N2O5. The minimum absolute atomic E-state index is 0.0880. The number of amides is 2. The van der Waals surface area contributed by atoms with Crippen LogP contribution in [0.4, 0.5) is 4.79 Å². The van der Waals surface area contributed by atoms with Crippen LogP contribution < -0.4 is 10.6 Å². The molecule has 2 aromatic carbocycles. The highest BCUT2D eigenvalue weighted by molar-refractivity contribution is 5.90. The standard InChI is InChI=1S/C27H32N2O5/c1-27(2,3)23(24(30)28-22(25(31)32)14-16-12-13-16)29-26(33)34-15-21-19-10-6-4-8-17(19)18-9-5-7-11-20(18)21/h4-11,16,21-23H,12-15H2,1-3H3,(H,28,30)(H,29,33)(H,31,32)/t22-,23+/m0/s1. The molecule has 0 aliphatic heterocycles. The maximum atomic E-state index is 13.0. The van der Waals surface area contributed by atoms with Gasteiger partial charge < -0.3 is 20.5 Å². The first-order chi connectivity index (χ1) is 16.1. The molecule has 2 aromatic rings. The fourth-order valence-corrected chi connectivity index (χ4v) is 4.60. The molecule has 4 rings (SSSR count). The third kappa shape index (κ3) is 5.24. The van der Waals surface area contributed by atoms with Gasteiger partial charge in [-0.1, -0.05) is 82.1 Å². The predicted octanol–water partition coefficient (Wildman–Crippen LogP) is 4.31. The number of benzene rings is 2. The molecule has 2 atom stereocenters. The molecule has 0 radical (unpaired) electrons. The molecular weight excluding hydrogens is 432 g/mol. The van der Waals surface area contributed by atoms with Gasteiger partial charge in [0.1, 0.15) is 18.7 Å². The third-order valence-electron chi connectivity index (χ3n) is 6.61. The van der Waals surface area contributed by atoms with E-state index in [1.165, 1.54) is 0 Å². The first-order valence-corrected chi connectivity index (χ1v) is 11.8. The van der Waals surface area contributed by atoms with Crippen LogP contribution >= 0.6 is 0 Å². The van der Waals surface area contributed by atoms with Crippen molar-refractivity contribution in [3.8, 4) is 11.1 Å². The van der Waals surface area contributed by atoms with Crippen LogP contribution in [0.2, 0.25) is 0 Å². The maximum absolute atomic E-state index is 13.0. The van der Waals surface area contributed by atoms with E-state index in [1.54, 1.807) is 0 Å². The SMILES string of the molecule is CC(C)(C)[C@H](NC(=O)OCC1c2ccccc2-c2ccccc21)C(=O)N[C@@H](CC1CC1)C(=O)O. The Morgan fingerprint density at radius 1 is 0.971 bits per heavy atom. The molecule has 1 fully saturated rings. The Kier molecular flexibility index (Phi) is 6.64. The zero-order valence-electron chi connectivity index (χ0n) is 19.8. The lowest BCUT2D eigenvalue weighted by atomic mass is 9.86. The Balaban J connectivity index is 1.42. The van der Waals surface area contributed by atoms with Gasteiger partial charge in [-0.3, -0.25) is 4.79 Å². The maximum Gasteiger partial charge on any atom is 0.407 e. The number of carboxylic acid groups (broad SMARTS) is 1. The normalized spacial score (nSPS) is 16.7. The van der Waals surface area contributed by atoms with Gasteiger partial charge in [0.15, 0.2) is 0 Å². The molecule has 3 N–H and O–H groups in total. The second kappa shape index (κ2) is 9.49. The first-order valence-electron chi connectivity index (χ1n) is 11.8. The van der Waals surface area contributed by atoms with Crippen LogP contribution in [0.25, 0.3) is 11.1 Å². The molecule has 0 aromatic heterocycles. The van der Waals surface area contributed by atoms with Gasteiger partial charge in [-0.15, -0.1) is 0 Å². The molecule has 2 amide bonds. The Morgan fingerprint density at radius 3 is 2.03 bits per heavy atom. The van der Waals surface area contributed by atoms with Gasteiger partial charge in [0.25, 0.3) is 0 Å². The minimum Gasteiger partial charge on any atom is -0.480 e. The van der Waals surface area contributed by atoms with Gasteiger partial charge in [0.2, 0.25) is 5.91 Å². The van der Waals surface area contributed by atoms with Crippen molar-refractivity contribution in [2.24, 2.45) is 11.3 Å². The zero-order chi connectivity index (χ0) is 24.5. The number of ether oxygens (including phenoxy) is 1. The second-order valence-corrected chi connectivity index (χ2v) is 10.3. The van der Waals surface area contributed by atoms with Crippen molar-refractivity contribution in [3.63, 3.8) is 0 Å². The molecule has 2 aliphatic rings. The van der Waals surface area contributed by atoms with Crippen LogP contribution in [0, 0.1) is 11.3 Å². The van der Waals surface area contributed by atoms with Gasteiger partial charge in [-0.05, 0) is 40.0 Å². The summed E-state index contributed by atoms with van der Waals surface area (Å²) in [5, 5.41) is 14.8. The number of nitrogens with one attached hydrogen (secondary N) is 2. The highest BCUT2D eigenvalue weighted by atomic mass is 16.5. The van der Waals surface area contributed by atoms with E-state index in [1.807, 2.05) is 57.2 Å². The lowest BCUT2D eigenvalue weighted by molar-refractivity contribution is -0.142. The van der Waals surface area contributed by atoms with E-state index in [-0.39, 0.29) is 12.5 Å². The molecule has 0 heterocycles. The molecule has 180 valence electrons. The second-order valence-electron chi connectivity index (χ2n) is 10.3. The number of hydrogen-bond donors (Lipinski definition) is 3. The van der Waals surface area contributed by atoms with Crippen molar-refractivity contribution >= 4 is 18.0 Å². The summed E-state index contributed by atoms with van der Waals surface area (Å²) in [7, 11) is 0. The number of aliphatic carboxylic acids is 1. The van der Waals surface area contributed by atoms with Crippen molar-refractivity contribution in [1.82, 2.24) is 10.6 Å². The van der Waals surface area contributed by atoms with E-state index >= 15 is 0 Å². The third-order valence-corrected chi connectivity index (χ3v) is 6.61. The fourth-order valence-electron chi connectivity index (χ4n) is 4.60. The van der Waals surface area contributed by atoms with Crippen LogP contribution in [0.5, 0.6) is 0 Å². The predicted molar refractivity (Wildman–Crippen MR) is 128 cm³/mol. The van der Waals surface area contributed by atoms with Crippen LogP contribution in [-0.4, -0.2) is 41.8 Å². The number of carbonyl (C=O) groups is 3. The fraction of sp³-hybridized carbons (Fsp3) is 0.444. The number of alkyl carbamates (subject to hydrolysis) is 1. The number of hydrogen-bond acceptors (Lipinski definition) is 4. The van der Waals surface area contributed by atoms with Gasteiger partial charge in [-0.2, -0.15) is 0 Å². The smallest absolute Gasteiger partial charge is 0.407 e. The number of carboxylic acids is 1. The Hall–Kier alpha value is -3.35. The van der Waals surface area contributed by atoms with Gasteiger partial charge >= 0.3 is 12.1 Å². The number of carbonyl (C=O) groups excluding carboxylic acids is 2. The molecule has 7 nitrogen and oxygen atoms in total. The molecule has 2 aliphatic carbocycles. The zero-order valence-corrected chi connectivity index (χ0v) is 19.8. The van der Waals surface area contributed by atoms with E-state index in [2.05, 4.69) is 22.8 Å². The number of rotatable bonds is 8. The van der Waals surface area contributed by atoms with Gasteiger partial charge in [-0.25, -0.2) is 9.59 Å². The summed E-state index contributed by atoms with van der Waals surface area (Å²) in [6.45, 7) is 5.59. The van der Waals surface area contributed by atoms with E-state index in [0.717, 1.165) is 35.1 Å². The summed E-state index contributed by atoms with van der Waals surface area (Å²) in [5.41, 5.74) is 3.83. The van der Waals surface area contributed by atoms with Crippen LogP contribution in [-0.2, 0) is 14.3 Å². The quantitative estimate of drug-likeness (QED) is 0.540. The van der Waals surface area contributed by atoms with Crippen molar-refractivity contribution in [1.29, 1.82) is 0 Å². The van der Waals surface area contributed by atoms with Crippen molar-refractivity contribution in [2.45, 2.75) is 58.0 Å². The summed E-state index contributed by atoms with van der Waals surface area (Å²) in [4.78, 5) is 37.4. The first kappa shape index (κ1) is 23.8.